The highest BCUT2D eigenvalue weighted by Crippen LogP contribution is 2.26. The van der Waals surface area contributed by atoms with Crippen LogP contribution in [0.4, 0.5) is 5.13 Å². The number of rotatable bonds is 7. The monoisotopic (exact) mass is 366 g/mol. The van der Waals surface area contributed by atoms with Gasteiger partial charge in [-0.25, -0.2) is 0 Å². The van der Waals surface area contributed by atoms with Gasteiger partial charge in [-0.1, -0.05) is 48.8 Å². The van der Waals surface area contributed by atoms with Gasteiger partial charge in [-0.3, -0.25) is 4.79 Å². The topological polar surface area (TPSA) is 80.1 Å². The van der Waals surface area contributed by atoms with E-state index in [1.165, 1.54) is 48.8 Å². The summed E-state index contributed by atoms with van der Waals surface area (Å²) >= 11 is 2.89. The van der Waals surface area contributed by atoms with E-state index < -0.39 is 0 Å². The number of hydrogen-bond acceptors (Lipinski definition) is 7. The Morgan fingerprint density at radius 2 is 2.12 bits per heavy atom. The van der Waals surface area contributed by atoms with Gasteiger partial charge < -0.3 is 15.1 Å². The minimum atomic E-state index is 0.0900. The summed E-state index contributed by atoms with van der Waals surface area (Å²) in [6.45, 7) is 0.578. The van der Waals surface area contributed by atoms with E-state index in [1.807, 2.05) is 12.1 Å². The molecule has 3 rings (SSSR count). The highest BCUT2D eigenvalue weighted by atomic mass is 32.2. The minimum Gasteiger partial charge on any atom is -0.467 e. The SMILES string of the molecule is O=C(CSc1nnc(NCc2ccco2)s1)NC1CCCCCC1. The zero-order valence-electron chi connectivity index (χ0n) is 13.5. The van der Waals surface area contributed by atoms with Crippen LogP contribution in [0, 0.1) is 0 Å². The predicted octanol–water partition coefficient (Wildman–Crippen LogP) is 3.67. The number of carbonyl (C=O) groups is 1. The van der Waals surface area contributed by atoms with Crippen molar-refractivity contribution in [2.24, 2.45) is 0 Å². The molecule has 0 atom stereocenters. The summed E-state index contributed by atoms with van der Waals surface area (Å²) in [5.41, 5.74) is 0. The summed E-state index contributed by atoms with van der Waals surface area (Å²) in [7, 11) is 0. The lowest BCUT2D eigenvalue weighted by atomic mass is 10.1. The molecule has 2 heterocycles. The molecule has 0 saturated heterocycles. The largest absolute Gasteiger partial charge is 0.467 e. The molecule has 1 amide bonds. The Morgan fingerprint density at radius 1 is 1.29 bits per heavy atom. The molecule has 2 N–H and O–H groups in total. The lowest BCUT2D eigenvalue weighted by Gasteiger charge is -2.15. The van der Waals surface area contributed by atoms with Gasteiger partial charge in [-0.05, 0) is 25.0 Å². The molecule has 1 aliphatic rings. The molecule has 130 valence electrons. The third-order valence-corrected chi connectivity index (χ3v) is 5.96. The molecule has 0 radical (unpaired) electrons. The van der Waals surface area contributed by atoms with Crippen molar-refractivity contribution in [2.45, 2.75) is 55.5 Å². The van der Waals surface area contributed by atoms with E-state index in [4.69, 9.17) is 4.42 Å². The molecule has 2 aromatic rings. The highest BCUT2D eigenvalue weighted by molar-refractivity contribution is 8.01. The molecule has 0 aromatic carbocycles. The Labute approximate surface area is 149 Å². The smallest absolute Gasteiger partial charge is 0.230 e. The Balaban J connectivity index is 1.39. The van der Waals surface area contributed by atoms with Crippen LogP contribution < -0.4 is 10.6 Å². The molecular weight excluding hydrogens is 344 g/mol. The van der Waals surface area contributed by atoms with Gasteiger partial charge in [0.1, 0.15) is 5.76 Å². The van der Waals surface area contributed by atoms with Crippen molar-refractivity contribution >= 4 is 34.1 Å². The first-order valence-corrected chi connectivity index (χ1v) is 10.1. The molecular formula is C16H22N4O2S2. The maximum Gasteiger partial charge on any atom is 0.230 e. The van der Waals surface area contributed by atoms with Gasteiger partial charge in [-0.2, -0.15) is 0 Å². The lowest BCUT2D eigenvalue weighted by molar-refractivity contribution is -0.119. The molecule has 6 nitrogen and oxygen atoms in total. The van der Waals surface area contributed by atoms with E-state index in [-0.39, 0.29) is 5.91 Å². The van der Waals surface area contributed by atoms with Crippen LogP contribution in [0.1, 0.15) is 44.3 Å². The first-order valence-electron chi connectivity index (χ1n) is 8.31. The number of nitrogens with zero attached hydrogens (tertiary/aromatic N) is 2. The fourth-order valence-electron chi connectivity index (χ4n) is 2.74. The van der Waals surface area contributed by atoms with E-state index in [0.29, 0.717) is 18.3 Å². The van der Waals surface area contributed by atoms with Crippen molar-refractivity contribution in [1.82, 2.24) is 15.5 Å². The van der Waals surface area contributed by atoms with Crippen molar-refractivity contribution in [3.63, 3.8) is 0 Å². The number of anilines is 1. The van der Waals surface area contributed by atoms with Crippen LogP contribution in [0.5, 0.6) is 0 Å². The Hall–Kier alpha value is -1.54. The standard InChI is InChI=1S/C16H22N4O2S2/c21-14(18-12-6-3-1-2-4-7-12)11-23-16-20-19-15(24-16)17-10-13-8-5-9-22-13/h5,8-9,12H,1-4,6-7,10-11H2,(H,17,19)(H,18,21). The molecule has 0 bridgehead atoms. The average molecular weight is 367 g/mol. The normalized spacial score (nSPS) is 15.8. The van der Waals surface area contributed by atoms with Crippen molar-refractivity contribution in [2.75, 3.05) is 11.1 Å². The number of aromatic nitrogens is 2. The third kappa shape index (κ3) is 5.52. The lowest BCUT2D eigenvalue weighted by Crippen LogP contribution is -2.35. The summed E-state index contributed by atoms with van der Waals surface area (Å²) < 4.78 is 6.06. The molecule has 1 aliphatic carbocycles. The zero-order chi connectivity index (χ0) is 16.6. The van der Waals surface area contributed by atoms with E-state index in [9.17, 15) is 4.79 Å². The average Bonchev–Trinajstić information content (AvgIpc) is 3.19. The van der Waals surface area contributed by atoms with Crippen molar-refractivity contribution < 1.29 is 9.21 Å². The van der Waals surface area contributed by atoms with Gasteiger partial charge in [-0.15, -0.1) is 10.2 Å². The maximum atomic E-state index is 12.1. The molecule has 0 spiro atoms. The second kappa shape index (κ2) is 9.08. The summed E-state index contributed by atoms with van der Waals surface area (Å²) in [6.07, 6.45) is 8.88. The number of hydrogen-bond donors (Lipinski definition) is 2. The van der Waals surface area contributed by atoms with Gasteiger partial charge in [0.25, 0.3) is 0 Å². The van der Waals surface area contributed by atoms with E-state index in [1.54, 1.807) is 6.26 Å². The Bertz CT molecular complexity index is 622. The second-order valence-electron chi connectivity index (χ2n) is 5.85. The second-order valence-corrected chi connectivity index (χ2v) is 8.05. The zero-order valence-corrected chi connectivity index (χ0v) is 15.1. The highest BCUT2D eigenvalue weighted by Gasteiger charge is 2.15. The molecule has 24 heavy (non-hydrogen) atoms. The van der Waals surface area contributed by atoms with E-state index >= 15 is 0 Å². The first-order chi connectivity index (χ1) is 11.8. The summed E-state index contributed by atoms with van der Waals surface area (Å²) in [5, 5.41) is 15.2. The molecule has 2 aromatic heterocycles. The summed E-state index contributed by atoms with van der Waals surface area (Å²) in [5.74, 6) is 1.33. The van der Waals surface area contributed by atoms with Crippen molar-refractivity contribution in [3.05, 3.63) is 24.2 Å². The van der Waals surface area contributed by atoms with E-state index in [0.717, 1.165) is 28.1 Å². The first kappa shape index (κ1) is 17.3. The van der Waals surface area contributed by atoms with Crippen LogP contribution in [0.3, 0.4) is 0 Å². The quantitative estimate of drug-likeness (QED) is 0.575. The Morgan fingerprint density at radius 3 is 2.88 bits per heavy atom. The maximum absolute atomic E-state index is 12.1. The van der Waals surface area contributed by atoms with Crippen LogP contribution in [-0.4, -0.2) is 27.9 Å². The van der Waals surface area contributed by atoms with Crippen LogP contribution in [-0.2, 0) is 11.3 Å². The van der Waals surface area contributed by atoms with Crippen LogP contribution in [0.25, 0.3) is 0 Å². The third-order valence-electron chi connectivity index (χ3n) is 3.95. The number of amides is 1. The predicted molar refractivity (Wildman–Crippen MR) is 96.3 cm³/mol. The van der Waals surface area contributed by atoms with Gasteiger partial charge >= 0.3 is 0 Å². The van der Waals surface area contributed by atoms with Gasteiger partial charge in [0.2, 0.25) is 11.0 Å². The number of furan rings is 1. The van der Waals surface area contributed by atoms with Gasteiger partial charge in [0.15, 0.2) is 4.34 Å². The van der Waals surface area contributed by atoms with Crippen LogP contribution in [0.15, 0.2) is 27.2 Å². The molecule has 0 aliphatic heterocycles. The molecule has 1 saturated carbocycles. The Kier molecular flexibility index (Phi) is 6.54. The van der Waals surface area contributed by atoms with Crippen LogP contribution >= 0.6 is 23.1 Å². The fraction of sp³-hybridized carbons (Fsp3) is 0.562. The minimum absolute atomic E-state index is 0.0900. The van der Waals surface area contributed by atoms with E-state index in [2.05, 4.69) is 20.8 Å². The van der Waals surface area contributed by atoms with Crippen LogP contribution in [0.2, 0.25) is 0 Å². The summed E-state index contributed by atoms with van der Waals surface area (Å²) in [6, 6.07) is 4.10. The van der Waals surface area contributed by atoms with Gasteiger partial charge in [0, 0.05) is 6.04 Å². The number of thioether (sulfide) groups is 1. The number of carbonyl (C=O) groups excluding carboxylic acids is 1. The molecule has 1 fully saturated rings. The van der Waals surface area contributed by atoms with Crippen molar-refractivity contribution in [3.8, 4) is 0 Å². The fourth-order valence-corrected chi connectivity index (χ4v) is 4.29. The van der Waals surface area contributed by atoms with Crippen molar-refractivity contribution in [1.29, 1.82) is 0 Å². The number of nitrogens with one attached hydrogen (secondary N) is 2. The molecule has 8 heteroatoms. The summed E-state index contributed by atoms with van der Waals surface area (Å²) in [4.78, 5) is 12.1. The van der Waals surface area contributed by atoms with Gasteiger partial charge in [0.05, 0.1) is 18.6 Å². The molecule has 0 unspecified atom stereocenters.